The van der Waals surface area contributed by atoms with Crippen molar-refractivity contribution in [3.63, 3.8) is 0 Å². The number of hydrogen-bond donors (Lipinski definition) is 2. The zero-order valence-electron chi connectivity index (χ0n) is 14.1. The average Bonchev–Trinajstić information content (AvgIpc) is 3.00. The summed E-state index contributed by atoms with van der Waals surface area (Å²) in [7, 11) is -3.67. The van der Waals surface area contributed by atoms with Gasteiger partial charge in [-0.05, 0) is 38.8 Å². The number of carbonyl (C=O) groups excluding carboxylic acids is 1. The summed E-state index contributed by atoms with van der Waals surface area (Å²) < 4.78 is 26.8. The van der Waals surface area contributed by atoms with Crippen LogP contribution in [0.5, 0.6) is 0 Å². The standard InChI is InChI=1S/C14H25N5O3S2/c1-3-12-7-4-5-9-19(12)10-6-8-15-24(21,22)14-18-17-13(23-14)16-11(2)20/h12,15H,3-10H2,1-2H3,(H,16,17,20). The first-order chi connectivity index (χ1) is 11.4. The van der Waals surface area contributed by atoms with Gasteiger partial charge in [-0.3, -0.25) is 4.79 Å². The van der Waals surface area contributed by atoms with E-state index in [-0.39, 0.29) is 15.4 Å². The summed E-state index contributed by atoms with van der Waals surface area (Å²) >= 11 is 0.843. The van der Waals surface area contributed by atoms with E-state index >= 15 is 0 Å². The number of likely N-dealkylation sites (tertiary alicyclic amines) is 1. The normalized spacial score (nSPS) is 19.3. The molecule has 0 bridgehead atoms. The number of nitrogens with one attached hydrogen (secondary N) is 2. The quantitative estimate of drug-likeness (QED) is 0.526. The van der Waals surface area contributed by atoms with Gasteiger partial charge in [0, 0.05) is 19.5 Å². The number of aromatic nitrogens is 2. The van der Waals surface area contributed by atoms with E-state index in [0.29, 0.717) is 12.6 Å². The first-order valence-electron chi connectivity index (χ1n) is 8.27. The Morgan fingerprint density at radius 3 is 2.88 bits per heavy atom. The fraction of sp³-hybridized carbons (Fsp3) is 0.786. The van der Waals surface area contributed by atoms with Crippen molar-refractivity contribution >= 4 is 32.4 Å². The highest BCUT2D eigenvalue weighted by molar-refractivity contribution is 7.91. The minimum atomic E-state index is -3.67. The van der Waals surface area contributed by atoms with Crippen molar-refractivity contribution in [3.05, 3.63) is 0 Å². The molecule has 2 rings (SSSR count). The van der Waals surface area contributed by atoms with E-state index in [1.807, 2.05) is 0 Å². The average molecular weight is 376 g/mol. The molecule has 24 heavy (non-hydrogen) atoms. The van der Waals surface area contributed by atoms with Gasteiger partial charge in [-0.25, -0.2) is 13.1 Å². The van der Waals surface area contributed by atoms with Gasteiger partial charge in [-0.15, -0.1) is 10.2 Å². The summed E-state index contributed by atoms with van der Waals surface area (Å²) in [6.45, 7) is 5.89. The van der Waals surface area contributed by atoms with Crippen molar-refractivity contribution < 1.29 is 13.2 Å². The largest absolute Gasteiger partial charge is 0.301 e. The molecule has 2 N–H and O–H groups in total. The molecule has 136 valence electrons. The molecule has 8 nitrogen and oxygen atoms in total. The first kappa shape index (κ1) is 19.2. The minimum Gasteiger partial charge on any atom is -0.301 e. The van der Waals surface area contributed by atoms with E-state index in [1.54, 1.807) is 0 Å². The van der Waals surface area contributed by atoms with E-state index in [0.717, 1.165) is 37.3 Å². The lowest BCUT2D eigenvalue weighted by atomic mass is 10.00. The Morgan fingerprint density at radius 2 is 2.17 bits per heavy atom. The van der Waals surface area contributed by atoms with Crippen molar-refractivity contribution in [1.82, 2.24) is 19.8 Å². The molecule has 1 unspecified atom stereocenters. The number of piperidine rings is 1. The molecule has 1 fully saturated rings. The van der Waals surface area contributed by atoms with Crippen molar-refractivity contribution in [3.8, 4) is 0 Å². The van der Waals surface area contributed by atoms with E-state index in [2.05, 4.69) is 32.1 Å². The van der Waals surface area contributed by atoms with Crippen LogP contribution in [0.4, 0.5) is 5.13 Å². The second-order valence-corrected chi connectivity index (χ2v) is 8.82. The van der Waals surface area contributed by atoms with Crippen LogP contribution in [0.2, 0.25) is 0 Å². The number of sulfonamides is 1. The molecule has 1 atom stereocenters. The van der Waals surface area contributed by atoms with Crippen molar-refractivity contribution in [1.29, 1.82) is 0 Å². The van der Waals surface area contributed by atoms with Crippen LogP contribution in [0.25, 0.3) is 0 Å². The van der Waals surface area contributed by atoms with Gasteiger partial charge in [0.15, 0.2) is 0 Å². The Kier molecular flexibility index (Phi) is 7.08. The monoisotopic (exact) mass is 375 g/mol. The number of nitrogens with zero attached hydrogens (tertiary/aromatic N) is 3. The molecule has 0 aliphatic carbocycles. The predicted octanol–water partition coefficient (Wildman–Crippen LogP) is 1.43. The molecule has 1 amide bonds. The van der Waals surface area contributed by atoms with Crippen molar-refractivity contribution in [2.75, 3.05) is 25.0 Å². The third-order valence-corrected chi connectivity index (χ3v) is 6.72. The van der Waals surface area contributed by atoms with Crippen LogP contribution < -0.4 is 10.0 Å². The van der Waals surface area contributed by atoms with E-state index < -0.39 is 10.0 Å². The van der Waals surface area contributed by atoms with Gasteiger partial charge in [-0.2, -0.15) is 0 Å². The summed E-state index contributed by atoms with van der Waals surface area (Å²) in [5.41, 5.74) is 0. The third-order valence-electron chi connectivity index (χ3n) is 4.05. The topological polar surface area (TPSA) is 104 Å². The Morgan fingerprint density at radius 1 is 1.38 bits per heavy atom. The fourth-order valence-corrected chi connectivity index (χ4v) is 4.95. The molecule has 0 radical (unpaired) electrons. The van der Waals surface area contributed by atoms with Crippen LogP contribution in [-0.2, 0) is 14.8 Å². The van der Waals surface area contributed by atoms with E-state index in [4.69, 9.17) is 0 Å². The molecule has 0 saturated carbocycles. The number of amides is 1. The maximum atomic E-state index is 12.2. The number of hydrogen-bond acceptors (Lipinski definition) is 7. The minimum absolute atomic E-state index is 0.129. The van der Waals surface area contributed by atoms with Crippen LogP contribution in [0.3, 0.4) is 0 Å². The lowest BCUT2D eigenvalue weighted by molar-refractivity contribution is -0.114. The molecule has 0 spiro atoms. The molecular weight excluding hydrogens is 350 g/mol. The van der Waals surface area contributed by atoms with Gasteiger partial charge < -0.3 is 10.2 Å². The molecule has 10 heteroatoms. The smallest absolute Gasteiger partial charge is 0.269 e. The molecule has 1 aliphatic rings. The number of carbonyl (C=O) groups is 1. The van der Waals surface area contributed by atoms with Crippen LogP contribution >= 0.6 is 11.3 Å². The van der Waals surface area contributed by atoms with Gasteiger partial charge in [-0.1, -0.05) is 24.7 Å². The Bertz CT molecular complexity index is 647. The first-order valence-corrected chi connectivity index (χ1v) is 10.6. The highest BCUT2D eigenvalue weighted by Gasteiger charge is 2.22. The molecule has 1 aromatic rings. The maximum absolute atomic E-state index is 12.2. The van der Waals surface area contributed by atoms with Gasteiger partial charge in [0.05, 0.1) is 0 Å². The zero-order chi connectivity index (χ0) is 17.6. The predicted molar refractivity (Wildman–Crippen MR) is 93.5 cm³/mol. The van der Waals surface area contributed by atoms with Crippen molar-refractivity contribution in [2.45, 2.75) is 56.3 Å². The molecular formula is C14H25N5O3S2. The fourth-order valence-electron chi connectivity index (χ4n) is 2.89. The summed E-state index contributed by atoms with van der Waals surface area (Å²) in [6.07, 6.45) is 5.64. The van der Waals surface area contributed by atoms with E-state index in [1.165, 1.54) is 26.2 Å². The number of anilines is 1. The molecule has 0 aromatic carbocycles. The maximum Gasteiger partial charge on any atom is 0.269 e. The van der Waals surface area contributed by atoms with Gasteiger partial charge >= 0.3 is 0 Å². The van der Waals surface area contributed by atoms with Crippen LogP contribution in [0, 0.1) is 0 Å². The van der Waals surface area contributed by atoms with Gasteiger partial charge in [0.25, 0.3) is 10.0 Å². The lowest BCUT2D eigenvalue weighted by Gasteiger charge is -2.35. The molecule has 1 saturated heterocycles. The summed E-state index contributed by atoms with van der Waals surface area (Å²) in [5, 5.41) is 9.89. The van der Waals surface area contributed by atoms with E-state index in [9.17, 15) is 13.2 Å². The second-order valence-electron chi connectivity index (χ2n) is 5.90. The summed E-state index contributed by atoms with van der Waals surface area (Å²) in [6, 6.07) is 0.624. The van der Waals surface area contributed by atoms with Gasteiger partial charge in [0.1, 0.15) is 0 Å². The molecule has 2 heterocycles. The van der Waals surface area contributed by atoms with Crippen LogP contribution in [0.15, 0.2) is 4.34 Å². The van der Waals surface area contributed by atoms with Crippen LogP contribution in [0.1, 0.15) is 46.0 Å². The molecule has 1 aliphatic heterocycles. The SMILES string of the molecule is CCC1CCCCN1CCCNS(=O)(=O)c1nnc(NC(C)=O)s1. The zero-order valence-corrected chi connectivity index (χ0v) is 15.8. The highest BCUT2D eigenvalue weighted by Crippen LogP contribution is 2.20. The second kappa shape index (κ2) is 8.84. The Hall–Kier alpha value is -1.10. The summed E-state index contributed by atoms with van der Waals surface area (Å²) in [4.78, 5) is 13.4. The molecule has 1 aromatic heterocycles. The highest BCUT2D eigenvalue weighted by atomic mass is 32.2. The Balaban J connectivity index is 1.80. The van der Waals surface area contributed by atoms with Crippen molar-refractivity contribution in [2.24, 2.45) is 0 Å². The van der Waals surface area contributed by atoms with Gasteiger partial charge in [0.2, 0.25) is 15.4 Å². The number of rotatable bonds is 8. The van der Waals surface area contributed by atoms with Crippen LogP contribution in [-0.4, -0.2) is 55.1 Å². The lowest BCUT2D eigenvalue weighted by Crippen LogP contribution is -2.40. The summed E-state index contributed by atoms with van der Waals surface area (Å²) in [5.74, 6) is -0.310. The third kappa shape index (κ3) is 5.47. The Labute approximate surface area is 147 Å².